The highest BCUT2D eigenvalue weighted by Gasteiger charge is 2.05. The van der Waals surface area contributed by atoms with E-state index in [1.54, 1.807) is 12.5 Å². The number of carbonyl (C=O) groups excluding carboxylic acids is 1. The molecular weight excluding hydrogens is 188 g/mol. The highest BCUT2D eigenvalue weighted by Crippen LogP contribution is 2.15. The third-order valence-corrected chi connectivity index (χ3v) is 2.24. The van der Waals surface area contributed by atoms with E-state index in [-0.39, 0.29) is 5.91 Å². The van der Waals surface area contributed by atoms with Gasteiger partial charge < -0.3 is 0 Å². The maximum absolute atomic E-state index is 11.4. The monoisotopic (exact) mass is 200 g/mol. The van der Waals surface area contributed by atoms with Gasteiger partial charge in [0, 0.05) is 18.2 Å². The van der Waals surface area contributed by atoms with Crippen LogP contribution in [0, 0.1) is 0 Å². The van der Waals surface area contributed by atoms with Crippen molar-refractivity contribution in [2.45, 2.75) is 13.3 Å². The van der Waals surface area contributed by atoms with Gasteiger partial charge in [0.1, 0.15) is 6.33 Å². The highest BCUT2D eigenvalue weighted by atomic mass is 16.2. The average molecular weight is 200 g/mol. The van der Waals surface area contributed by atoms with Gasteiger partial charge in [-0.2, -0.15) is 0 Å². The molecule has 0 amide bonds. The van der Waals surface area contributed by atoms with Crippen LogP contribution in [-0.4, -0.2) is 15.5 Å². The molecule has 0 aliphatic carbocycles. The summed E-state index contributed by atoms with van der Waals surface area (Å²) in [5, 5.41) is 0. The standard InChI is InChI=1S/C12H12N2O/c1-2-12(15)14-8-11(13-9-14)10-6-4-3-5-7-10/h3-9H,2H2,1H3. The van der Waals surface area contributed by atoms with Crippen LogP contribution in [-0.2, 0) is 0 Å². The van der Waals surface area contributed by atoms with Gasteiger partial charge in [0.25, 0.3) is 0 Å². The van der Waals surface area contributed by atoms with Crippen LogP contribution in [0.25, 0.3) is 11.3 Å². The number of hydrogen-bond acceptors (Lipinski definition) is 2. The predicted octanol–water partition coefficient (Wildman–Crippen LogP) is 2.60. The van der Waals surface area contributed by atoms with E-state index in [0.29, 0.717) is 6.42 Å². The molecule has 0 unspecified atom stereocenters. The minimum atomic E-state index is 0.0599. The van der Waals surface area contributed by atoms with Crippen molar-refractivity contribution >= 4 is 5.91 Å². The fourth-order valence-corrected chi connectivity index (χ4v) is 1.40. The summed E-state index contributed by atoms with van der Waals surface area (Å²) in [5.74, 6) is 0.0599. The minimum absolute atomic E-state index is 0.0599. The molecule has 0 bridgehead atoms. The highest BCUT2D eigenvalue weighted by molar-refractivity contribution is 5.79. The van der Waals surface area contributed by atoms with Crippen molar-refractivity contribution in [2.75, 3.05) is 0 Å². The number of hydrogen-bond donors (Lipinski definition) is 0. The molecule has 2 rings (SSSR count). The molecule has 0 spiro atoms. The Balaban J connectivity index is 2.32. The van der Waals surface area contributed by atoms with E-state index in [4.69, 9.17) is 0 Å². The Bertz CT molecular complexity index is 459. The average Bonchev–Trinajstić information content (AvgIpc) is 2.78. The molecule has 0 aliphatic heterocycles. The quantitative estimate of drug-likeness (QED) is 0.746. The van der Waals surface area contributed by atoms with Crippen LogP contribution in [0.5, 0.6) is 0 Å². The van der Waals surface area contributed by atoms with Crippen LogP contribution in [0.1, 0.15) is 18.1 Å². The third-order valence-electron chi connectivity index (χ3n) is 2.24. The summed E-state index contributed by atoms with van der Waals surface area (Å²) in [4.78, 5) is 15.6. The van der Waals surface area contributed by atoms with Gasteiger partial charge >= 0.3 is 0 Å². The molecule has 2 aromatic rings. The Morgan fingerprint density at radius 3 is 2.73 bits per heavy atom. The van der Waals surface area contributed by atoms with Crippen LogP contribution in [0.3, 0.4) is 0 Å². The molecule has 76 valence electrons. The fraction of sp³-hybridized carbons (Fsp3) is 0.167. The molecule has 0 aliphatic rings. The number of carbonyl (C=O) groups is 1. The van der Waals surface area contributed by atoms with Gasteiger partial charge in [0.2, 0.25) is 5.91 Å². The Kier molecular flexibility index (Phi) is 2.63. The van der Waals surface area contributed by atoms with Gasteiger partial charge in [0.05, 0.1) is 5.69 Å². The lowest BCUT2D eigenvalue weighted by atomic mass is 10.2. The molecule has 3 nitrogen and oxygen atoms in total. The van der Waals surface area contributed by atoms with Crippen molar-refractivity contribution in [3.8, 4) is 11.3 Å². The molecule has 1 aromatic heterocycles. The number of nitrogens with zero attached hydrogens (tertiary/aromatic N) is 2. The first kappa shape index (κ1) is 9.65. The molecular formula is C12H12N2O. The first-order valence-corrected chi connectivity index (χ1v) is 4.94. The van der Waals surface area contributed by atoms with Crippen LogP contribution >= 0.6 is 0 Å². The molecule has 0 saturated carbocycles. The topological polar surface area (TPSA) is 34.9 Å². The second-order valence-electron chi connectivity index (χ2n) is 3.28. The van der Waals surface area contributed by atoms with E-state index in [1.807, 2.05) is 37.3 Å². The minimum Gasteiger partial charge on any atom is -0.276 e. The third kappa shape index (κ3) is 1.96. The number of aromatic nitrogens is 2. The lowest BCUT2D eigenvalue weighted by Crippen LogP contribution is -2.05. The van der Waals surface area contributed by atoms with E-state index in [9.17, 15) is 4.79 Å². The molecule has 15 heavy (non-hydrogen) atoms. The SMILES string of the molecule is CCC(=O)n1cnc(-c2ccccc2)c1. The smallest absolute Gasteiger partial charge is 0.231 e. The molecule has 3 heteroatoms. The van der Waals surface area contributed by atoms with Crippen molar-refractivity contribution in [2.24, 2.45) is 0 Å². The second kappa shape index (κ2) is 4.09. The molecule has 0 N–H and O–H groups in total. The van der Waals surface area contributed by atoms with Gasteiger partial charge in [-0.25, -0.2) is 4.98 Å². The Morgan fingerprint density at radius 2 is 2.07 bits per heavy atom. The van der Waals surface area contributed by atoms with Crippen molar-refractivity contribution in [1.82, 2.24) is 9.55 Å². The first-order chi connectivity index (χ1) is 7.31. The van der Waals surface area contributed by atoms with Crippen molar-refractivity contribution in [1.29, 1.82) is 0 Å². The zero-order chi connectivity index (χ0) is 10.7. The maximum Gasteiger partial charge on any atom is 0.231 e. The lowest BCUT2D eigenvalue weighted by molar-refractivity contribution is 0.0908. The number of benzene rings is 1. The van der Waals surface area contributed by atoms with Crippen LogP contribution in [0.15, 0.2) is 42.9 Å². The van der Waals surface area contributed by atoms with E-state index in [1.165, 1.54) is 4.57 Å². The molecule has 1 aromatic carbocycles. The van der Waals surface area contributed by atoms with Crippen LogP contribution in [0.4, 0.5) is 0 Å². The summed E-state index contributed by atoms with van der Waals surface area (Å²) in [6.45, 7) is 1.84. The Hall–Kier alpha value is -1.90. The van der Waals surface area contributed by atoms with Gasteiger partial charge in [0.15, 0.2) is 0 Å². The van der Waals surface area contributed by atoms with Crippen molar-refractivity contribution in [3.05, 3.63) is 42.9 Å². The normalized spacial score (nSPS) is 10.2. The summed E-state index contributed by atoms with van der Waals surface area (Å²) >= 11 is 0. The van der Waals surface area contributed by atoms with Gasteiger partial charge in [-0.05, 0) is 0 Å². The van der Waals surface area contributed by atoms with E-state index >= 15 is 0 Å². The Morgan fingerprint density at radius 1 is 1.33 bits per heavy atom. The summed E-state index contributed by atoms with van der Waals surface area (Å²) in [7, 11) is 0. The Labute approximate surface area is 88.4 Å². The lowest BCUT2D eigenvalue weighted by Gasteiger charge is -1.95. The summed E-state index contributed by atoms with van der Waals surface area (Å²) in [6.07, 6.45) is 3.82. The summed E-state index contributed by atoms with van der Waals surface area (Å²) in [5.41, 5.74) is 1.86. The van der Waals surface area contributed by atoms with E-state index in [2.05, 4.69) is 4.98 Å². The van der Waals surface area contributed by atoms with Crippen LogP contribution in [0.2, 0.25) is 0 Å². The maximum atomic E-state index is 11.4. The van der Waals surface area contributed by atoms with Crippen molar-refractivity contribution < 1.29 is 4.79 Å². The zero-order valence-electron chi connectivity index (χ0n) is 8.55. The van der Waals surface area contributed by atoms with E-state index in [0.717, 1.165) is 11.3 Å². The molecule has 1 heterocycles. The summed E-state index contributed by atoms with van der Waals surface area (Å²) in [6, 6.07) is 9.82. The van der Waals surface area contributed by atoms with Gasteiger partial charge in [-0.15, -0.1) is 0 Å². The van der Waals surface area contributed by atoms with Crippen molar-refractivity contribution in [3.63, 3.8) is 0 Å². The van der Waals surface area contributed by atoms with Crippen LogP contribution < -0.4 is 0 Å². The molecule has 0 fully saturated rings. The summed E-state index contributed by atoms with van der Waals surface area (Å²) < 4.78 is 1.53. The van der Waals surface area contributed by atoms with Gasteiger partial charge in [-0.3, -0.25) is 9.36 Å². The van der Waals surface area contributed by atoms with Gasteiger partial charge in [-0.1, -0.05) is 37.3 Å². The first-order valence-electron chi connectivity index (χ1n) is 4.94. The molecule has 0 saturated heterocycles. The molecule has 0 radical (unpaired) electrons. The zero-order valence-corrected chi connectivity index (χ0v) is 8.55. The largest absolute Gasteiger partial charge is 0.276 e. The fourth-order valence-electron chi connectivity index (χ4n) is 1.40. The predicted molar refractivity (Wildman–Crippen MR) is 58.6 cm³/mol. The number of rotatable bonds is 2. The number of imidazole rings is 1. The second-order valence-corrected chi connectivity index (χ2v) is 3.28. The van der Waals surface area contributed by atoms with E-state index < -0.39 is 0 Å². The molecule has 0 atom stereocenters.